The highest BCUT2D eigenvalue weighted by Gasteiger charge is 2.18. The maximum absolute atomic E-state index is 11.6. The van der Waals surface area contributed by atoms with Crippen LogP contribution in [0, 0.1) is 6.92 Å². The van der Waals surface area contributed by atoms with Gasteiger partial charge in [0.1, 0.15) is 0 Å². The van der Waals surface area contributed by atoms with Crippen LogP contribution in [0.3, 0.4) is 0 Å². The van der Waals surface area contributed by atoms with Crippen LogP contribution in [0.5, 0.6) is 0 Å². The second kappa shape index (κ2) is 6.89. The van der Waals surface area contributed by atoms with E-state index in [4.69, 9.17) is 5.73 Å². The number of carbonyl (C=O) groups excluding carboxylic acids is 2. The molecule has 0 saturated heterocycles. The van der Waals surface area contributed by atoms with Gasteiger partial charge in [0.2, 0.25) is 5.91 Å². The molecule has 19 heavy (non-hydrogen) atoms. The zero-order chi connectivity index (χ0) is 14.4. The molecule has 0 radical (unpaired) electrons. The number of amides is 3. The van der Waals surface area contributed by atoms with E-state index in [-0.39, 0.29) is 6.04 Å². The van der Waals surface area contributed by atoms with Crippen LogP contribution in [0.4, 0.5) is 4.79 Å². The van der Waals surface area contributed by atoms with Gasteiger partial charge in [-0.25, -0.2) is 4.79 Å². The first kappa shape index (κ1) is 15.2. The maximum Gasteiger partial charge on any atom is 0.318 e. The first-order valence-corrected chi connectivity index (χ1v) is 6.37. The molecule has 104 valence electrons. The molecule has 0 bridgehead atoms. The van der Waals surface area contributed by atoms with Crippen molar-refractivity contribution in [2.24, 2.45) is 5.73 Å². The number of primary amides is 1. The van der Waals surface area contributed by atoms with Crippen molar-refractivity contribution in [3.05, 3.63) is 35.4 Å². The Morgan fingerprint density at radius 3 is 2.32 bits per heavy atom. The first-order valence-electron chi connectivity index (χ1n) is 6.37. The summed E-state index contributed by atoms with van der Waals surface area (Å²) in [6.45, 7) is 5.77. The van der Waals surface area contributed by atoms with Gasteiger partial charge in [-0.1, -0.05) is 36.8 Å². The molecule has 5 nitrogen and oxygen atoms in total. The molecule has 4 N–H and O–H groups in total. The molecule has 0 saturated carbocycles. The number of imide groups is 1. The molecule has 5 heteroatoms. The second-order valence-corrected chi connectivity index (χ2v) is 4.61. The molecular weight excluding hydrogens is 242 g/mol. The van der Waals surface area contributed by atoms with Crippen molar-refractivity contribution in [2.75, 3.05) is 0 Å². The third-order valence-electron chi connectivity index (χ3n) is 2.98. The monoisotopic (exact) mass is 263 g/mol. The number of hydrogen-bond donors (Lipinski definition) is 3. The van der Waals surface area contributed by atoms with Crippen LogP contribution in [-0.4, -0.2) is 18.0 Å². The fourth-order valence-corrected chi connectivity index (χ4v) is 1.86. The second-order valence-electron chi connectivity index (χ2n) is 4.61. The quantitative estimate of drug-likeness (QED) is 0.754. The number of nitrogens with one attached hydrogen (secondary N) is 2. The van der Waals surface area contributed by atoms with E-state index in [0.29, 0.717) is 0 Å². The number of nitrogens with two attached hydrogens (primary N) is 1. The van der Waals surface area contributed by atoms with E-state index in [1.165, 1.54) is 5.56 Å². The third-order valence-corrected chi connectivity index (χ3v) is 2.98. The summed E-state index contributed by atoms with van der Waals surface area (Å²) >= 11 is 0. The van der Waals surface area contributed by atoms with Crippen LogP contribution in [-0.2, 0) is 4.79 Å². The molecular formula is C14H21N3O2. The predicted molar refractivity (Wildman–Crippen MR) is 74.5 cm³/mol. The number of urea groups is 1. The molecule has 0 aromatic heterocycles. The number of hydrogen-bond acceptors (Lipinski definition) is 3. The summed E-state index contributed by atoms with van der Waals surface area (Å²) in [5.74, 6) is -0.418. The largest absolute Gasteiger partial charge is 0.351 e. The fraction of sp³-hybridized carbons (Fsp3) is 0.429. The van der Waals surface area contributed by atoms with Crippen molar-refractivity contribution >= 4 is 11.9 Å². The Morgan fingerprint density at radius 1 is 1.26 bits per heavy atom. The zero-order valence-electron chi connectivity index (χ0n) is 11.6. The number of rotatable bonds is 5. The SMILES string of the molecule is CC[C@H](N[C@H](C)C(=O)NC(N)=O)c1ccc(C)cc1. The van der Waals surface area contributed by atoms with Crippen molar-refractivity contribution in [3.8, 4) is 0 Å². The minimum Gasteiger partial charge on any atom is -0.351 e. The lowest BCUT2D eigenvalue weighted by Gasteiger charge is -2.22. The van der Waals surface area contributed by atoms with Gasteiger partial charge in [-0.2, -0.15) is 0 Å². The van der Waals surface area contributed by atoms with Gasteiger partial charge in [0.25, 0.3) is 0 Å². The Labute approximate surface area is 113 Å². The molecule has 1 rings (SSSR count). The topological polar surface area (TPSA) is 84.2 Å². The lowest BCUT2D eigenvalue weighted by molar-refractivity contribution is -0.121. The van der Waals surface area contributed by atoms with E-state index in [2.05, 4.69) is 10.6 Å². The standard InChI is InChI=1S/C14H21N3O2/c1-4-12(11-7-5-9(2)6-8-11)16-10(3)13(18)17-14(15)19/h5-8,10,12,16H,4H2,1-3H3,(H3,15,17,18,19)/t10-,12+/m1/s1. The number of carbonyl (C=O) groups is 2. The van der Waals surface area contributed by atoms with E-state index < -0.39 is 18.0 Å². The molecule has 0 unspecified atom stereocenters. The van der Waals surface area contributed by atoms with Crippen LogP contribution in [0.1, 0.15) is 37.4 Å². The van der Waals surface area contributed by atoms with E-state index >= 15 is 0 Å². The fourth-order valence-electron chi connectivity index (χ4n) is 1.86. The lowest BCUT2D eigenvalue weighted by Crippen LogP contribution is -2.47. The highest BCUT2D eigenvalue weighted by molar-refractivity contribution is 5.96. The number of aryl methyl sites for hydroxylation is 1. The predicted octanol–water partition coefficient (Wildman–Crippen LogP) is 1.62. The van der Waals surface area contributed by atoms with Crippen molar-refractivity contribution in [1.29, 1.82) is 0 Å². The first-order chi connectivity index (χ1) is 8.93. The normalized spacial score (nSPS) is 13.6. The van der Waals surface area contributed by atoms with Crippen LogP contribution in [0.2, 0.25) is 0 Å². The van der Waals surface area contributed by atoms with Gasteiger partial charge in [-0.05, 0) is 25.8 Å². The average Bonchev–Trinajstić information content (AvgIpc) is 2.36. The van der Waals surface area contributed by atoms with E-state index in [1.54, 1.807) is 6.92 Å². The Balaban J connectivity index is 2.68. The average molecular weight is 263 g/mol. The summed E-state index contributed by atoms with van der Waals surface area (Å²) < 4.78 is 0. The van der Waals surface area contributed by atoms with Gasteiger partial charge in [0.15, 0.2) is 0 Å². The Kier molecular flexibility index (Phi) is 5.51. The molecule has 0 spiro atoms. The molecule has 0 aliphatic carbocycles. The molecule has 2 atom stereocenters. The van der Waals surface area contributed by atoms with Crippen molar-refractivity contribution in [1.82, 2.24) is 10.6 Å². The summed E-state index contributed by atoms with van der Waals surface area (Å²) in [5.41, 5.74) is 7.23. The summed E-state index contributed by atoms with van der Waals surface area (Å²) in [6, 6.07) is 6.89. The third kappa shape index (κ3) is 4.71. The van der Waals surface area contributed by atoms with Gasteiger partial charge >= 0.3 is 6.03 Å². The van der Waals surface area contributed by atoms with Crippen LogP contribution < -0.4 is 16.4 Å². The molecule has 0 fully saturated rings. The van der Waals surface area contributed by atoms with Gasteiger partial charge in [-0.15, -0.1) is 0 Å². The Hall–Kier alpha value is -1.88. The van der Waals surface area contributed by atoms with Crippen molar-refractivity contribution < 1.29 is 9.59 Å². The van der Waals surface area contributed by atoms with E-state index in [1.807, 2.05) is 38.1 Å². The summed E-state index contributed by atoms with van der Waals surface area (Å²) in [7, 11) is 0. The summed E-state index contributed by atoms with van der Waals surface area (Å²) in [4.78, 5) is 22.3. The van der Waals surface area contributed by atoms with E-state index in [0.717, 1.165) is 12.0 Å². The molecule has 1 aromatic carbocycles. The van der Waals surface area contributed by atoms with E-state index in [9.17, 15) is 9.59 Å². The molecule has 3 amide bonds. The van der Waals surface area contributed by atoms with Gasteiger partial charge in [0, 0.05) is 6.04 Å². The van der Waals surface area contributed by atoms with Crippen LogP contribution >= 0.6 is 0 Å². The molecule has 0 aliphatic rings. The Bertz CT molecular complexity index is 443. The zero-order valence-corrected chi connectivity index (χ0v) is 11.6. The highest BCUT2D eigenvalue weighted by Crippen LogP contribution is 2.17. The minimum atomic E-state index is -0.831. The summed E-state index contributed by atoms with van der Waals surface area (Å²) in [6.07, 6.45) is 0.844. The van der Waals surface area contributed by atoms with Crippen molar-refractivity contribution in [2.45, 2.75) is 39.3 Å². The molecule has 1 aromatic rings. The van der Waals surface area contributed by atoms with Gasteiger partial charge in [-0.3, -0.25) is 15.4 Å². The number of benzene rings is 1. The van der Waals surface area contributed by atoms with Crippen LogP contribution in [0.25, 0.3) is 0 Å². The van der Waals surface area contributed by atoms with Crippen molar-refractivity contribution in [3.63, 3.8) is 0 Å². The lowest BCUT2D eigenvalue weighted by atomic mass is 10.0. The smallest absolute Gasteiger partial charge is 0.318 e. The minimum absolute atomic E-state index is 0.0641. The molecule has 0 heterocycles. The van der Waals surface area contributed by atoms with Gasteiger partial charge in [0.05, 0.1) is 6.04 Å². The highest BCUT2D eigenvalue weighted by atomic mass is 16.2. The van der Waals surface area contributed by atoms with Gasteiger partial charge < -0.3 is 5.73 Å². The van der Waals surface area contributed by atoms with Crippen LogP contribution in [0.15, 0.2) is 24.3 Å². The molecule has 0 aliphatic heterocycles. The summed E-state index contributed by atoms with van der Waals surface area (Å²) in [5, 5.41) is 5.26. The maximum atomic E-state index is 11.6. The Morgan fingerprint density at radius 2 is 1.84 bits per heavy atom.